The lowest BCUT2D eigenvalue weighted by Gasteiger charge is -2.32. The second kappa shape index (κ2) is 10.0. The number of nitriles is 1. The Bertz CT molecular complexity index is 1280. The Hall–Kier alpha value is -2.82. The summed E-state index contributed by atoms with van der Waals surface area (Å²) in [6.07, 6.45) is -4.88. The maximum Gasteiger partial charge on any atom is 0.417 e. The molecule has 0 aliphatic rings. The molecule has 2 rings (SSSR count). The summed E-state index contributed by atoms with van der Waals surface area (Å²) in [7, 11) is -6.21. The molecule has 35 heavy (non-hydrogen) atoms. The molecule has 0 saturated carbocycles. The van der Waals surface area contributed by atoms with Crippen LogP contribution in [0.5, 0.6) is 0 Å². The summed E-state index contributed by atoms with van der Waals surface area (Å²) in [5.74, 6) is -2.71. The van der Waals surface area contributed by atoms with Crippen molar-refractivity contribution in [3.05, 3.63) is 59.4 Å². The molecule has 13 heteroatoms. The van der Waals surface area contributed by atoms with Gasteiger partial charge in [0.1, 0.15) is 11.4 Å². The van der Waals surface area contributed by atoms with Crippen molar-refractivity contribution in [3.8, 4) is 6.07 Å². The van der Waals surface area contributed by atoms with Gasteiger partial charge in [-0.2, -0.15) is 18.4 Å². The minimum atomic E-state index is -4.88. The summed E-state index contributed by atoms with van der Waals surface area (Å²) >= 11 is 0. The predicted octanol–water partition coefficient (Wildman–Crippen LogP) is 3.94. The van der Waals surface area contributed by atoms with Gasteiger partial charge in [-0.25, -0.2) is 21.7 Å². The van der Waals surface area contributed by atoms with Crippen LogP contribution in [0.2, 0.25) is 0 Å². The minimum Gasteiger partial charge on any atom is -0.324 e. The van der Waals surface area contributed by atoms with E-state index in [1.165, 1.54) is 6.07 Å². The number of hydrogen-bond donors (Lipinski definition) is 2. The Kier molecular flexibility index (Phi) is 8.15. The van der Waals surface area contributed by atoms with Crippen LogP contribution in [-0.2, 0) is 31.8 Å². The van der Waals surface area contributed by atoms with Crippen molar-refractivity contribution in [2.24, 2.45) is 0 Å². The maximum atomic E-state index is 13.3. The molecule has 0 bridgehead atoms. The van der Waals surface area contributed by atoms with Gasteiger partial charge in [0.2, 0.25) is 5.91 Å². The highest BCUT2D eigenvalue weighted by molar-refractivity contribution is 7.91. The number of carbonyl (C=O) groups is 1. The Morgan fingerprint density at radius 3 is 2.11 bits per heavy atom. The van der Waals surface area contributed by atoms with E-state index in [-0.39, 0.29) is 10.6 Å². The van der Waals surface area contributed by atoms with Gasteiger partial charge in [-0.05, 0) is 70.2 Å². The van der Waals surface area contributed by atoms with Gasteiger partial charge < -0.3 is 5.32 Å². The lowest BCUT2D eigenvalue weighted by atomic mass is 10.0. The smallest absolute Gasteiger partial charge is 0.324 e. The van der Waals surface area contributed by atoms with Crippen molar-refractivity contribution in [3.63, 3.8) is 0 Å². The highest BCUT2D eigenvalue weighted by Gasteiger charge is 2.42. The summed E-state index contributed by atoms with van der Waals surface area (Å²) in [4.78, 5) is 12.9. The molecular weight excluding hydrogens is 510 g/mol. The number of amides is 1. The fourth-order valence-electron chi connectivity index (χ4n) is 2.83. The molecular formula is C22H23F4N3O4S2. The normalized spacial score (nSPS) is 15.1. The van der Waals surface area contributed by atoms with Crippen molar-refractivity contribution >= 4 is 32.4 Å². The van der Waals surface area contributed by atoms with Gasteiger partial charge >= 0.3 is 6.18 Å². The van der Waals surface area contributed by atoms with Crippen LogP contribution in [0.25, 0.3) is 0 Å². The second-order valence-corrected chi connectivity index (χ2v) is 12.8. The average molecular weight is 534 g/mol. The molecule has 0 saturated heterocycles. The Morgan fingerprint density at radius 1 is 1.06 bits per heavy atom. The number of anilines is 1. The van der Waals surface area contributed by atoms with Crippen LogP contribution in [0.15, 0.2) is 47.4 Å². The summed E-state index contributed by atoms with van der Waals surface area (Å²) in [5.41, 5.74) is -4.39. The van der Waals surface area contributed by atoms with Crippen LogP contribution in [0.3, 0.4) is 0 Å². The van der Waals surface area contributed by atoms with E-state index < -0.39 is 65.9 Å². The number of rotatable bonds is 7. The number of alkyl halides is 3. The third-order valence-corrected chi connectivity index (χ3v) is 8.43. The van der Waals surface area contributed by atoms with Gasteiger partial charge in [0, 0.05) is 5.69 Å². The molecule has 2 aromatic carbocycles. The van der Waals surface area contributed by atoms with Gasteiger partial charge in [-0.15, -0.1) is 0 Å². The molecule has 2 aromatic rings. The van der Waals surface area contributed by atoms with Crippen LogP contribution in [0, 0.1) is 17.1 Å². The zero-order chi connectivity index (χ0) is 26.8. The molecule has 0 aromatic heterocycles. The monoisotopic (exact) mass is 533 g/mol. The van der Waals surface area contributed by atoms with Crippen molar-refractivity contribution < 1.29 is 35.0 Å². The molecule has 0 aliphatic heterocycles. The Morgan fingerprint density at radius 2 is 1.63 bits per heavy atom. The average Bonchev–Trinajstić information content (AvgIpc) is 2.72. The molecule has 190 valence electrons. The van der Waals surface area contributed by atoms with Gasteiger partial charge in [-0.3, -0.25) is 4.79 Å². The van der Waals surface area contributed by atoms with Crippen LogP contribution in [-0.4, -0.2) is 34.6 Å². The molecule has 0 aliphatic carbocycles. The third kappa shape index (κ3) is 7.09. The highest BCUT2D eigenvalue weighted by Crippen LogP contribution is 2.34. The fraction of sp³-hybridized carbons (Fsp3) is 0.364. The minimum absolute atomic E-state index is 0.306. The zero-order valence-corrected chi connectivity index (χ0v) is 20.8. The van der Waals surface area contributed by atoms with Gasteiger partial charge in [-0.1, -0.05) is 0 Å². The predicted molar refractivity (Wildman–Crippen MR) is 123 cm³/mol. The number of nitrogens with zero attached hydrogens (tertiary/aromatic N) is 1. The summed E-state index contributed by atoms with van der Waals surface area (Å²) < 4.78 is 93.5. The number of carbonyl (C=O) groups excluding carboxylic acids is 1. The molecule has 0 heterocycles. The van der Waals surface area contributed by atoms with E-state index in [1.54, 1.807) is 20.8 Å². The first-order chi connectivity index (χ1) is 15.9. The molecule has 2 N–H and O–H groups in total. The van der Waals surface area contributed by atoms with E-state index in [0.29, 0.717) is 6.07 Å². The topological polar surface area (TPSA) is 116 Å². The van der Waals surface area contributed by atoms with Crippen LogP contribution >= 0.6 is 0 Å². The third-order valence-electron chi connectivity index (χ3n) is 4.73. The molecule has 0 fully saturated rings. The number of benzene rings is 2. The van der Waals surface area contributed by atoms with Crippen LogP contribution in [0.4, 0.5) is 23.2 Å². The number of halogens is 4. The Balaban J connectivity index is 2.49. The molecule has 1 amide bonds. The lowest BCUT2D eigenvalue weighted by Crippen LogP contribution is -2.59. The zero-order valence-electron chi connectivity index (χ0n) is 19.2. The number of hydrogen-bond acceptors (Lipinski definition) is 5. The van der Waals surface area contributed by atoms with E-state index in [4.69, 9.17) is 5.26 Å². The van der Waals surface area contributed by atoms with Crippen LogP contribution in [0.1, 0.15) is 38.8 Å². The molecule has 2 atom stereocenters. The van der Waals surface area contributed by atoms with Crippen molar-refractivity contribution in [1.82, 2.24) is 4.72 Å². The molecule has 2 unspecified atom stereocenters. The summed E-state index contributed by atoms with van der Waals surface area (Å²) in [6.45, 7) is 5.85. The summed E-state index contributed by atoms with van der Waals surface area (Å²) in [5, 5.41) is 11.2. The van der Waals surface area contributed by atoms with Crippen molar-refractivity contribution in [2.45, 2.75) is 49.1 Å². The van der Waals surface area contributed by atoms with Crippen molar-refractivity contribution in [2.75, 3.05) is 11.1 Å². The second-order valence-electron chi connectivity index (χ2n) is 8.85. The van der Waals surface area contributed by atoms with Gasteiger partial charge in [0.15, 0.2) is 9.84 Å². The SMILES string of the molecule is CC(CS(=O)(=O)c1ccc(F)cc1)(NS(=O)C(C)(C)C)C(=O)Nc1ccc(C#N)c(C(F)(F)F)c1. The number of sulfone groups is 1. The van der Waals surface area contributed by atoms with E-state index >= 15 is 0 Å². The number of nitrogens with one attached hydrogen (secondary N) is 2. The lowest BCUT2D eigenvalue weighted by molar-refractivity contribution is -0.137. The largest absolute Gasteiger partial charge is 0.417 e. The first kappa shape index (κ1) is 28.4. The molecule has 0 spiro atoms. The first-order valence-corrected chi connectivity index (χ1v) is 12.8. The van der Waals surface area contributed by atoms with Gasteiger partial charge in [0.05, 0.1) is 43.6 Å². The van der Waals surface area contributed by atoms with E-state index in [9.17, 15) is 35.0 Å². The van der Waals surface area contributed by atoms with Crippen LogP contribution < -0.4 is 10.0 Å². The van der Waals surface area contributed by atoms with E-state index in [0.717, 1.165) is 43.3 Å². The molecule has 0 radical (unpaired) electrons. The van der Waals surface area contributed by atoms with E-state index in [1.807, 2.05) is 0 Å². The van der Waals surface area contributed by atoms with E-state index in [2.05, 4.69) is 10.0 Å². The summed E-state index contributed by atoms with van der Waals surface area (Å²) in [6, 6.07) is 7.72. The standard InChI is InChI=1S/C22H23F4N3O4S2/c1-20(2,3)34(31)29-21(4,13-35(32,33)17-9-6-15(23)7-10-17)19(30)28-16-8-5-14(12-27)18(11-16)22(24,25)26/h5-11,29H,13H2,1-4H3,(H,28,30). The fourth-order valence-corrected chi connectivity index (χ4v) is 5.48. The molecule has 7 nitrogen and oxygen atoms in total. The first-order valence-electron chi connectivity index (χ1n) is 10.00. The van der Waals surface area contributed by atoms with Gasteiger partial charge in [0.25, 0.3) is 0 Å². The van der Waals surface area contributed by atoms with Crippen molar-refractivity contribution in [1.29, 1.82) is 5.26 Å². The highest BCUT2D eigenvalue weighted by atomic mass is 32.2. The maximum absolute atomic E-state index is 13.3. The Labute approximate surface area is 203 Å². The quantitative estimate of drug-likeness (QED) is 0.413.